The maximum atomic E-state index is 12.9. The Morgan fingerprint density at radius 2 is 1.89 bits per heavy atom. The number of aromatic amines is 1. The zero-order valence-corrected chi connectivity index (χ0v) is 16.0. The van der Waals surface area contributed by atoms with Gasteiger partial charge in [0.15, 0.2) is 0 Å². The van der Waals surface area contributed by atoms with Crippen LogP contribution in [0, 0.1) is 13.8 Å². The second-order valence-electron chi connectivity index (χ2n) is 6.73. The van der Waals surface area contributed by atoms with Gasteiger partial charge in [-0.05, 0) is 44.4 Å². The highest BCUT2D eigenvalue weighted by Crippen LogP contribution is 2.24. The number of carbonyl (C=O) groups is 1. The molecule has 2 heterocycles. The Morgan fingerprint density at radius 3 is 2.48 bits per heavy atom. The van der Waals surface area contributed by atoms with Crippen LogP contribution in [0.3, 0.4) is 0 Å². The molecule has 0 unspecified atom stereocenters. The average molecular weight is 390 g/mol. The van der Waals surface area contributed by atoms with Gasteiger partial charge in [0.2, 0.25) is 10.0 Å². The van der Waals surface area contributed by atoms with E-state index < -0.39 is 10.0 Å². The second kappa shape index (κ2) is 7.61. The Kier molecular flexibility index (Phi) is 5.43. The molecule has 9 heteroatoms. The van der Waals surface area contributed by atoms with Crippen molar-refractivity contribution in [3.8, 4) is 0 Å². The number of amides is 1. The molecule has 0 bridgehead atoms. The molecule has 1 aromatic heterocycles. The maximum Gasteiger partial charge on any atom is 0.271 e. The van der Waals surface area contributed by atoms with Crippen molar-refractivity contribution in [3.63, 3.8) is 0 Å². The third-order valence-electron chi connectivity index (χ3n) is 4.65. The van der Waals surface area contributed by atoms with Crippen LogP contribution in [0.2, 0.25) is 0 Å². The minimum Gasteiger partial charge on any atom is -0.348 e. The van der Waals surface area contributed by atoms with E-state index in [4.69, 9.17) is 0 Å². The molecule has 0 atom stereocenters. The van der Waals surface area contributed by atoms with Gasteiger partial charge in [-0.3, -0.25) is 9.59 Å². The molecule has 3 rings (SSSR count). The normalized spacial score (nSPS) is 16.2. The van der Waals surface area contributed by atoms with Gasteiger partial charge < -0.3 is 5.32 Å². The highest BCUT2D eigenvalue weighted by atomic mass is 32.2. The van der Waals surface area contributed by atoms with E-state index in [9.17, 15) is 18.0 Å². The van der Waals surface area contributed by atoms with Gasteiger partial charge >= 0.3 is 0 Å². The van der Waals surface area contributed by atoms with E-state index in [0.29, 0.717) is 30.8 Å². The van der Waals surface area contributed by atoms with Crippen molar-refractivity contribution < 1.29 is 13.2 Å². The van der Waals surface area contributed by atoms with Crippen molar-refractivity contribution in [1.29, 1.82) is 0 Å². The third kappa shape index (κ3) is 4.25. The number of aromatic nitrogens is 2. The number of rotatable bonds is 4. The summed E-state index contributed by atoms with van der Waals surface area (Å²) in [6.45, 7) is 4.39. The number of piperidine rings is 1. The highest BCUT2D eigenvalue weighted by molar-refractivity contribution is 7.89. The van der Waals surface area contributed by atoms with Crippen LogP contribution in [0.1, 0.15) is 34.5 Å². The van der Waals surface area contributed by atoms with E-state index in [0.717, 1.165) is 11.1 Å². The lowest BCUT2D eigenvalue weighted by Crippen LogP contribution is -2.46. The number of carbonyl (C=O) groups excluding carboxylic acids is 1. The Hall–Kier alpha value is -2.52. The molecule has 1 aliphatic rings. The van der Waals surface area contributed by atoms with Crippen molar-refractivity contribution in [2.24, 2.45) is 0 Å². The third-order valence-corrected chi connectivity index (χ3v) is 6.71. The van der Waals surface area contributed by atoms with Crippen LogP contribution >= 0.6 is 0 Å². The molecule has 1 saturated heterocycles. The van der Waals surface area contributed by atoms with Crippen LogP contribution in [0.4, 0.5) is 0 Å². The van der Waals surface area contributed by atoms with Gasteiger partial charge in [-0.15, -0.1) is 0 Å². The second-order valence-corrected chi connectivity index (χ2v) is 8.63. The zero-order valence-electron chi connectivity index (χ0n) is 15.2. The fraction of sp³-hybridized carbons (Fsp3) is 0.389. The van der Waals surface area contributed by atoms with Gasteiger partial charge in [0.05, 0.1) is 4.90 Å². The number of benzene rings is 1. The molecule has 0 saturated carbocycles. The first kappa shape index (κ1) is 19.2. The summed E-state index contributed by atoms with van der Waals surface area (Å²) < 4.78 is 27.3. The quantitative estimate of drug-likeness (QED) is 0.808. The molecule has 2 N–H and O–H groups in total. The summed E-state index contributed by atoms with van der Waals surface area (Å²) in [6.07, 6.45) is 1.03. The predicted molar refractivity (Wildman–Crippen MR) is 100 cm³/mol. The maximum absolute atomic E-state index is 12.9. The van der Waals surface area contributed by atoms with Crippen LogP contribution in [0.5, 0.6) is 0 Å². The number of hydrogen-bond acceptors (Lipinski definition) is 5. The van der Waals surface area contributed by atoms with E-state index >= 15 is 0 Å². The standard InChI is InChI=1S/C18H22N4O4S/c1-12-3-5-16(13(2)11-12)27(25,26)22-9-7-14(8-10-22)19-18(24)15-4-6-17(23)21-20-15/h3-6,11,14H,7-10H2,1-2H3,(H,19,24)(H,21,23). The minimum absolute atomic E-state index is 0.125. The fourth-order valence-electron chi connectivity index (χ4n) is 3.20. The molecule has 0 spiro atoms. The lowest BCUT2D eigenvalue weighted by molar-refractivity contribution is 0.0917. The fourth-order valence-corrected chi connectivity index (χ4v) is 4.87. The summed E-state index contributed by atoms with van der Waals surface area (Å²) >= 11 is 0. The Labute approximate surface area is 157 Å². The zero-order chi connectivity index (χ0) is 19.6. The molecular weight excluding hydrogens is 368 g/mol. The predicted octanol–water partition coefficient (Wildman–Crippen LogP) is 0.970. The number of H-pyrrole nitrogens is 1. The number of aryl methyl sites for hydroxylation is 2. The van der Waals surface area contributed by atoms with E-state index in [1.165, 1.54) is 16.4 Å². The monoisotopic (exact) mass is 390 g/mol. The number of nitrogens with one attached hydrogen (secondary N) is 2. The summed E-state index contributed by atoms with van der Waals surface area (Å²) in [4.78, 5) is 23.5. The molecule has 1 aliphatic heterocycles. The smallest absolute Gasteiger partial charge is 0.271 e. The lowest BCUT2D eigenvalue weighted by Gasteiger charge is -2.31. The first-order chi connectivity index (χ1) is 12.8. The van der Waals surface area contributed by atoms with Gasteiger partial charge in [-0.2, -0.15) is 9.40 Å². The van der Waals surface area contributed by atoms with Crippen LogP contribution in [0.15, 0.2) is 40.0 Å². The number of nitrogens with zero attached hydrogens (tertiary/aromatic N) is 2. The molecular formula is C18H22N4O4S. The molecule has 1 fully saturated rings. The van der Waals surface area contributed by atoms with Gasteiger partial charge in [0.25, 0.3) is 11.5 Å². The SMILES string of the molecule is Cc1ccc(S(=O)(=O)N2CCC(NC(=O)c3ccc(=O)[nH]n3)CC2)c(C)c1. The summed E-state index contributed by atoms with van der Waals surface area (Å²) in [6, 6.07) is 7.75. The van der Waals surface area contributed by atoms with Crippen molar-refractivity contribution in [2.75, 3.05) is 13.1 Å². The molecule has 8 nitrogen and oxygen atoms in total. The summed E-state index contributed by atoms with van der Waals surface area (Å²) in [7, 11) is -3.55. The van der Waals surface area contributed by atoms with E-state index in [2.05, 4.69) is 15.5 Å². The van der Waals surface area contributed by atoms with Crippen molar-refractivity contribution in [1.82, 2.24) is 19.8 Å². The summed E-state index contributed by atoms with van der Waals surface area (Å²) in [5.74, 6) is -0.387. The van der Waals surface area contributed by atoms with Crippen LogP contribution in [-0.2, 0) is 10.0 Å². The van der Waals surface area contributed by atoms with Crippen molar-refractivity contribution in [2.45, 2.75) is 37.6 Å². The Bertz CT molecular complexity index is 988. The van der Waals surface area contributed by atoms with E-state index in [-0.39, 0.29) is 23.2 Å². The van der Waals surface area contributed by atoms with Gasteiger partial charge in [-0.25, -0.2) is 13.5 Å². The Morgan fingerprint density at radius 1 is 1.19 bits per heavy atom. The van der Waals surface area contributed by atoms with E-state index in [1.54, 1.807) is 19.1 Å². The van der Waals surface area contributed by atoms with E-state index in [1.807, 2.05) is 13.0 Å². The molecule has 27 heavy (non-hydrogen) atoms. The molecule has 0 radical (unpaired) electrons. The lowest BCUT2D eigenvalue weighted by atomic mass is 10.1. The number of sulfonamides is 1. The number of hydrogen-bond donors (Lipinski definition) is 2. The van der Waals surface area contributed by atoms with Gasteiger partial charge in [-0.1, -0.05) is 17.7 Å². The minimum atomic E-state index is -3.55. The van der Waals surface area contributed by atoms with Crippen LogP contribution < -0.4 is 10.9 Å². The topological polar surface area (TPSA) is 112 Å². The largest absolute Gasteiger partial charge is 0.348 e. The summed E-state index contributed by atoms with van der Waals surface area (Å²) in [5, 5.41) is 8.76. The Balaban J connectivity index is 1.63. The summed E-state index contributed by atoms with van der Waals surface area (Å²) in [5.41, 5.74) is 1.50. The van der Waals surface area contributed by atoms with Crippen molar-refractivity contribution >= 4 is 15.9 Å². The molecule has 1 amide bonds. The molecule has 144 valence electrons. The van der Waals surface area contributed by atoms with Gasteiger partial charge in [0, 0.05) is 25.2 Å². The van der Waals surface area contributed by atoms with Crippen molar-refractivity contribution in [3.05, 3.63) is 57.5 Å². The van der Waals surface area contributed by atoms with Crippen LogP contribution in [0.25, 0.3) is 0 Å². The van der Waals surface area contributed by atoms with Crippen LogP contribution in [-0.4, -0.2) is 48.0 Å². The van der Waals surface area contributed by atoms with Gasteiger partial charge in [0.1, 0.15) is 5.69 Å². The highest BCUT2D eigenvalue weighted by Gasteiger charge is 2.31. The molecule has 0 aliphatic carbocycles. The molecule has 2 aromatic rings. The first-order valence-electron chi connectivity index (χ1n) is 8.71. The molecule has 1 aromatic carbocycles. The average Bonchev–Trinajstić information content (AvgIpc) is 2.62. The first-order valence-corrected chi connectivity index (χ1v) is 10.2.